The molecule has 2 aromatic carbocycles. The molecular weight excluding hydrogens is 408 g/mol. The molecule has 0 spiro atoms. The molecule has 2 heterocycles. The summed E-state index contributed by atoms with van der Waals surface area (Å²) in [5, 5.41) is 7.96. The molecule has 1 aliphatic rings. The van der Waals surface area contributed by atoms with Gasteiger partial charge in [-0.3, -0.25) is 4.79 Å². The highest BCUT2D eigenvalue weighted by Crippen LogP contribution is 2.22. The molecule has 3 N–H and O–H groups in total. The molecule has 0 aliphatic carbocycles. The Balaban J connectivity index is 1.48. The van der Waals surface area contributed by atoms with Gasteiger partial charge in [0, 0.05) is 23.0 Å². The largest absolute Gasteiger partial charge is 0.364 e. The van der Waals surface area contributed by atoms with E-state index in [1.54, 1.807) is 0 Å². The average Bonchev–Trinajstić information content (AvgIpc) is 3.20. The number of aromatic amines is 1. The molecule has 1 amide bonds. The first-order chi connectivity index (χ1) is 15.0. The topological polar surface area (TPSA) is 69.3 Å². The van der Waals surface area contributed by atoms with Gasteiger partial charge in [-0.15, -0.1) is 0 Å². The molecule has 1 aliphatic heterocycles. The van der Waals surface area contributed by atoms with Crippen molar-refractivity contribution >= 4 is 39.3 Å². The van der Waals surface area contributed by atoms with Crippen LogP contribution in [0.1, 0.15) is 42.2 Å². The molecule has 0 fully saturated rings. The van der Waals surface area contributed by atoms with Gasteiger partial charge in [0.05, 0.1) is 6.04 Å². The van der Waals surface area contributed by atoms with Crippen molar-refractivity contribution in [2.75, 3.05) is 5.32 Å². The zero-order valence-corrected chi connectivity index (χ0v) is 18.3. The number of H-pyrrole nitrogens is 1. The van der Waals surface area contributed by atoms with Crippen LogP contribution >= 0.6 is 11.6 Å². The number of allylic oxidation sites excluding steroid dienone is 3. The predicted molar refractivity (Wildman–Crippen MR) is 129 cm³/mol. The van der Waals surface area contributed by atoms with Crippen LogP contribution in [-0.4, -0.2) is 16.1 Å². The highest BCUT2D eigenvalue weighted by molar-refractivity contribution is 6.68. The van der Waals surface area contributed by atoms with Gasteiger partial charge < -0.3 is 15.6 Å². The number of aliphatic imine (C=N–C) groups is 1. The standard InChI is InChI=1S/C25H25ClN4O/c1-16-5-3-8-23(26)30-24(13-16)28-17(2)19-6-4-7-21(14-19)29-25(31)20-10-9-18-11-12-27-22(18)15-20/h3-4,6-17,27-28H,5H2,1-2H3,(H,29,31)/b8-3+,24-13-,30-23-/t16?,17-/m0/s1. The molecule has 1 unspecified atom stereocenters. The molecule has 3 aromatic rings. The van der Waals surface area contributed by atoms with Crippen molar-refractivity contribution in [1.82, 2.24) is 10.3 Å². The number of nitrogens with zero attached hydrogens (tertiary/aromatic N) is 1. The number of carbonyl (C=O) groups is 1. The maximum absolute atomic E-state index is 12.7. The highest BCUT2D eigenvalue weighted by Gasteiger charge is 2.12. The minimum absolute atomic E-state index is 0.0119. The summed E-state index contributed by atoms with van der Waals surface area (Å²) in [4.78, 5) is 20.3. The van der Waals surface area contributed by atoms with Gasteiger partial charge in [0.15, 0.2) is 0 Å². The van der Waals surface area contributed by atoms with Crippen LogP contribution in [0, 0.1) is 5.92 Å². The number of amides is 1. The van der Waals surface area contributed by atoms with E-state index in [0.29, 0.717) is 16.7 Å². The van der Waals surface area contributed by atoms with Gasteiger partial charge >= 0.3 is 0 Å². The first-order valence-electron chi connectivity index (χ1n) is 10.4. The van der Waals surface area contributed by atoms with Crippen LogP contribution in [0.4, 0.5) is 5.69 Å². The molecule has 5 nitrogen and oxygen atoms in total. The molecule has 4 rings (SSSR count). The Hall–Kier alpha value is -3.31. The second kappa shape index (κ2) is 9.23. The molecular formula is C25H25ClN4O. The number of halogens is 1. The number of anilines is 1. The summed E-state index contributed by atoms with van der Waals surface area (Å²) in [6.45, 7) is 4.20. The van der Waals surface area contributed by atoms with Gasteiger partial charge in [-0.05, 0) is 72.7 Å². The first-order valence-corrected chi connectivity index (χ1v) is 10.7. The number of fused-ring (bicyclic) bond motifs is 1. The van der Waals surface area contributed by atoms with Gasteiger partial charge in [0.2, 0.25) is 0 Å². The Bertz CT molecular complexity index is 1190. The minimum atomic E-state index is -0.144. The Labute approximate surface area is 186 Å². The second-order valence-corrected chi connectivity index (χ2v) is 8.21. The number of carbonyl (C=O) groups excluding carboxylic acids is 1. The zero-order chi connectivity index (χ0) is 21.8. The first kappa shape index (κ1) is 20.9. The molecule has 158 valence electrons. The monoisotopic (exact) mass is 432 g/mol. The Morgan fingerprint density at radius 3 is 2.97 bits per heavy atom. The molecule has 6 heteroatoms. The molecule has 2 atom stereocenters. The van der Waals surface area contributed by atoms with Crippen molar-refractivity contribution in [2.24, 2.45) is 10.9 Å². The maximum atomic E-state index is 12.7. The SMILES string of the molecule is CC1\C=C(N[C@@H](C)c2cccc(NC(=O)c3ccc4cc[nH]c4c3)c2)/N=C(Cl)/C=C/C1. The Morgan fingerprint density at radius 1 is 1.23 bits per heavy atom. The van der Waals surface area contributed by atoms with Gasteiger partial charge in [-0.1, -0.05) is 42.8 Å². The Morgan fingerprint density at radius 2 is 2.10 bits per heavy atom. The lowest BCUT2D eigenvalue weighted by atomic mass is 10.1. The molecule has 0 saturated carbocycles. The summed E-state index contributed by atoms with van der Waals surface area (Å²) in [6, 6.07) is 15.4. The summed E-state index contributed by atoms with van der Waals surface area (Å²) < 4.78 is 0. The van der Waals surface area contributed by atoms with Gasteiger partial charge in [0.25, 0.3) is 5.91 Å². The number of rotatable bonds is 5. The van der Waals surface area contributed by atoms with E-state index in [4.69, 9.17) is 11.6 Å². The smallest absolute Gasteiger partial charge is 0.255 e. The van der Waals surface area contributed by atoms with E-state index in [-0.39, 0.29) is 11.9 Å². The lowest BCUT2D eigenvalue weighted by Gasteiger charge is -2.19. The van der Waals surface area contributed by atoms with Crippen molar-refractivity contribution in [3.63, 3.8) is 0 Å². The number of hydrogen-bond acceptors (Lipinski definition) is 3. The summed E-state index contributed by atoms with van der Waals surface area (Å²) in [6.07, 6.45) is 8.74. The zero-order valence-electron chi connectivity index (χ0n) is 17.5. The molecule has 31 heavy (non-hydrogen) atoms. The van der Waals surface area contributed by atoms with E-state index in [1.807, 2.05) is 66.9 Å². The molecule has 1 aromatic heterocycles. The fourth-order valence-electron chi connectivity index (χ4n) is 3.57. The van der Waals surface area contributed by atoms with Crippen molar-refractivity contribution < 1.29 is 4.79 Å². The number of aromatic nitrogens is 1. The number of nitrogens with one attached hydrogen (secondary N) is 3. The van der Waals surface area contributed by atoms with Crippen LogP contribution in [0.15, 0.2) is 83.8 Å². The van der Waals surface area contributed by atoms with E-state index in [9.17, 15) is 4.79 Å². The maximum Gasteiger partial charge on any atom is 0.255 e. The normalized spacial score (nSPS) is 21.7. The van der Waals surface area contributed by atoms with Crippen LogP contribution in [0.2, 0.25) is 0 Å². The lowest BCUT2D eigenvalue weighted by molar-refractivity contribution is 0.102. The van der Waals surface area contributed by atoms with E-state index in [0.717, 1.165) is 34.4 Å². The Kier molecular flexibility index (Phi) is 6.23. The van der Waals surface area contributed by atoms with Crippen LogP contribution in [0.3, 0.4) is 0 Å². The van der Waals surface area contributed by atoms with Crippen molar-refractivity contribution in [1.29, 1.82) is 0 Å². The third-order valence-electron chi connectivity index (χ3n) is 5.26. The summed E-state index contributed by atoms with van der Waals surface area (Å²) in [5.74, 6) is 0.971. The van der Waals surface area contributed by atoms with Crippen LogP contribution < -0.4 is 10.6 Å². The summed E-state index contributed by atoms with van der Waals surface area (Å²) in [7, 11) is 0. The van der Waals surface area contributed by atoms with Crippen molar-refractivity contribution in [3.05, 3.63) is 89.9 Å². The summed E-state index contributed by atoms with van der Waals surface area (Å²) in [5.41, 5.74) is 3.33. The third kappa shape index (κ3) is 5.25. The van der Waals surface area contributed by atoms with Crippen molar-refractivity contribution in [3.8, 4) is 0 Å². The average molecular weight is 433 g/mol. The van der Waals surface area contributed by atoms with Crippen LogP contribution in [-0.2, 0) is 0 Å². The van der Waals surface area contributed by atoms with Crippen molar-refractivity contribution in [2.45, 2.75) is 26.3 Å². The molecule has 0 saturated heterocycles. The van der Waals surface area contributed by atoms with E-state index < -0.39 is 0 Å². The molecule has 0 bridgehead atoms. The van der Waals surface area contributed by atoms with Gasteiger partial charge in [0.1, 0.15) is 11.0 Å². The number of hydrogen-bond donors (Lipinski definition) is 3. The summed E-state index contributed by atoms with van der Waals surface area (Å²) >= 11 is 6.17. The van der Waals surface area contributed by atoms with Gasteiger partial charge in [-0.25, -0.2) is 4.99 Å². The fraction of sp³-hybridized carbons (Fsp3) is 0.200. The number of benzene rings is 2. The van der Waals surface area contributed by atoms with E-state index >= 15 is 0 Å². The van der Waals surface area contributed by atoms with Gasteiger partial charge in [-0.2, -0.15) is 0 Å². The lowest BCUT2D eigenvalue weighted by Crippen LogP contribution is -2.19. The molecule has 0 radical (unpaired) electrons. The predicted octanol–water partition coefficient (Wildman–Crippen LogP) is 6.15. The third-order valence-corrected chi connectivity index (χ3v) is 5.47. The quantitative estimate of drug-likeness (QED) is 0.452. The van der Waals surface area contributed by atoms with E-state index in [2.05, 4.69) is 40.5 Å². The second-order valence-electron chi connectivity index (χ2n) is 7.83. The van der Waals surface area contributed by atoms with E-state index in [1.165, 1.54) is 0 Å². The fourth-order valence-corrected chi connectivity index (χ4v) is 3.75. The minimum Gasteiger partial charge on any atom is -0.364 e. The van der Waals surface area contributed by atoms with Crippen LogP contribution in [0.5, 0.6) is 0 Å². The van der Waals surface area contributed by atoms with Crippen LogP contribution in [0.25, 0.3) is 10.9 Å². The highest BCUT2D eigenvalue weighted by atomic mass is 35.5.